The molecular weight excluding hydrogens is 308 g/mol. The molecule has 0 spiro atoms. The van der Waals surface area contributed by atoms with Gasteiger partial charge in [0.25, 0.3) is 0 Å². The van der Waals surface area contributed by atoms with Crippen molar-refractivity contribution < 1.29 is 9.84 Å². The Morgan fingerprint density at radius 3 is 2.65 bits per heavy atom. The third-order valence-electron chi connectivity index (χ3n) is 3.47. The number of rotatable bonds is 5. The van der Waals surface area contributed by atoms with E-state index in [4.69, 9.17) is 21.4 Å². The van der Waals surface area contributed by atoms with Crippen LogP contribution in [0.25, 0.3) is 6.08 Å². The molecule has 1 aliphatic heterocycles. The Kier molecular flexibility index (Phi) is 8.17. The molecule has 1 aromatic rings. The fraction of sp³-hybridized carbons (Fsp3) is 0.200. The maximum Gasteiger partial charge on any atom is 0.130 e. The van der Waals surface area contributed by atoms with E-state index in [2.05, 4.69) is 19.2 Å². The van der Waals surface area contributed by atoms with Crippen LogP contribution in [-0.4, -0.2) is 12.2 Å². The van der Waals surface area contributed by atoms with E-state index < -0.39 is 0 Å². The Labute approximate surface area is 143 Å². The van der Waals surface area contributed by atoms with Crippen LogP contribution in [0.3, 0.4) is 0 Å². The number of ether oxygens (including phenoxy) is 1. The summed E-state index contributed by atoms with van der Waals surface area (Å²) in [6.45, 7) is 9.60. The molecule has 0 radical (unpaired) electrons. The minimum Gasteiger partial charge on any atom is -0.464 e. The first-order valence-electron chi connectivity index (χ1n) is 7.34. The molecule has 0 aliphatic carbocycles. The molecule has 0 saturated heterocycles. The molecule has 1 heterocycles. The SMILES string of the molecule is C=C/C=C(\C=C)C1=COc2ccc(CCl)c(/C=C\C)c2C1.CO. The van der Waals surface area contributed by atoms with Crippen molar-refractivity contribution in [2.24, 2.45) is 0 Å². The smallest absolute Gasteiger partial charge is 0.130 e. The van der Waals surface area contributed by atoms with E-state index in [-0.39, 0.29) is 0 Å². The summed E-state index contributed by atoms with van der Waals surface area (Å²) in [7, 11) is 1.00. The Morgan fingerprint density at radius 1 is 1.35 bits per heavy atom. The zero-order valence-electron chi connectivity index (χ0n) is 13.7. The van der Waals surface area contributed by atoms with Gasteiger partial charge in [0, 0.05) is 25.0 Å². The number of aliphatic hydroxyl groups is 1. The number of hydrogen-bond acceptors (Lipinski definition) is 2. The standard InChI is InChI=1S/C19H19ClO.CH4O/c1-4-7-14(6-3)16-11-18-17(8-5-2)15(12-20)9-10-19(18)21-13-16;1-2/h4-10,13H,1,3,11-12H2,2H3;2H,1H3/b8-5-,14-7+;. The van der Waals surface area contributed by atoms with Crippen LogP contribution >= 0.6 is 11.6 Å². The highest BCUT2D eigenvalue weighted by Crippen LogP contribution is 2.35. The summed E-state index contributed by atoms with van der Waals surface area (Å²) in [5.74, 6) is 1.38. The van der Waals surface area contributed by atoms with Gasteiger partial charge in [0.2, 0.25) is 0 Å². The quantitative estimate of drug-likeness (QED) is 0.595. The largest absolute Gasteiger partial charge is 0.464 e. The molecule has 0 aromatic heterocycles. The lowest BCUT2D eigenvalue weighted by Crippen LogP contribution is -2.07. The van der Waals surface area contributed by atoms with Crippen molar-refractivity contribution in [2.75, 3.05) is 7.11 Å². The number of aliphatic hydroxyl groups excluding tert-OH is 1. The second kappa shape index (κ2) is 9.88. The molecule has 1 aliphatic rings. The van der Waals surface area contributed by atoms with Crippen molar-refractivity contribution in [1.29, 1.82) is 0 Å². The first-order chi connectivity index (χ1) is 11.2. The molecule has 0 saturated carbocycles. The van der Waals surface area contributed by atoms with Crippen molar-refractivity contribution in [2.45, 2.75) is 19.2 Å². The van der Waals surface area contributed by atoms with E-state index in [1.165, 1.54) is 5.56 Å². The van der Waals surface area contributed by atoms with Gasteiger partial charge in [0.05, 0.1) is 6.26 Å². The predicted molar refractivity (Wildman–Crippen MR) is 99.7 cm³/mol. The van der Waals surface area contributed by atoms with Crippen LogP contribution in [0.1, 0.15) is 23.6 Å². The van der Waals surface area contributed by atoms with Crippen LogP contribution in [0.2, 0.25) is 0 Å². The number of allylic oxidation sites excluding steroid dienone is 6. The summed E-state index contributed by atoms with van der Waals surface area (Å²) >= 11 is 6.06. The number of halogens is 1. The average Bonchev–Trinajstić information content (AvgIpc) is 2.61. The van der Waals surface area contributed by atoms with E-state index in [0.717, 1.165) is 41.6 Å². The molecule has 2 nitrogen and oxygen atoms in total. The summed E-state index contributed by atoms with van der Waals surface area (Å²) < 4.78 is 5.79. The van der Waals surface area contributed by atoms with E-state index in [1.807, 2.05) is 37.3 Å². The molecule has 0 atom stereocenters. The normalized spacial score (nSPS) is 13.4. The minimum atomic E-state index is 0.489. The van der Waals surface area contributed by atoms with Crippen LogP contribution in [0.15, 0.2) is 67.0 Å². The van der Waals surface area contributed by atoms with Crippen LogP contribution in [0.5, 0.6) is 5.75 Å². The fourth-order valence-corrected chi connectivity index (χ4v) is 2.68. The van der Waals surface area contributed by atoms with Gasteiger partial charge in [-0.3, -0.25) is 0 Å². The van der Waals surface area contributed by atoms with Crippen molar-refractivity contribution in [3.8, 4) is 5.75 Å². The second-order valence-corrected chi connectivity index (χ2v) is 5.02. The highest BCUT2D eigenvalue weighted by Gasteiger charge is 2.18. The van der Waals surface area contributed by atoms with Gasteiger partial charge in [0.1, 0.15) is 5.75 Å². The topological polar surface area (TPSA) is 29.5 Å². The van der Waals surface area contributed by atoms with Crippen molar-refractivity contribution in [3.05, 3.63) is 83.7 Å². The van der Waals surface area contributed by atoms with E-state index in [0.29, 0.717) is 5.88 Å². The van der Waals surface area contributed by atoms with Crippen LogP contribution in [-0.2, 0) is 12.3 Å². The third-order valence-corrected chi connectivity index (χ3v) is 3.75. The van der Waals surface area contributed by atoms with Crippen molar-refractivity contribution >= 4 is 17.7 Å². The van der Waals surface area contributed by atoms with Gasteiger partial charge in [-0.2, -0.15) is 0 Å². The zero-order valence-corrected chi connectivity index (χ0v) is 14.4. The van der Waals surface area contributed by atoms with E-state index in [9.17, 15) is 0 Å². The van der Waals surface area contributed by atoms with Gasteiger partial charge in [-0.25, -0.2) is 0 Å². The molecule has 0 unspecified atom stereocenters. The summed E-state index contributed by atoms with van der Waals surface area (Å²) in [6.07, 6.45) is 12.2. The van der Waals surface area contributed by atoms with Gasteiger partial charge in [-0.05, 0) is 35.3 Å². The predicted octanol–water partition coefficient (Wildman–Crippen LogP) is 5.18. The van der Waals surface area contributed by atoms with Crippen LogP contribution < -0.4 is 4.74 Å². The first-order valence-corrected chi connectivity index (χ1v) is 7.88. The van der Waals surface area contributed by atoms with Gasteiger partial charge >= 0.3 is 0 Å². The van der Waals surface area contributed by atoms with Gasteiger partial charge in [-0.15, -0.1) is 11.6 Å². The maximum atomic E-state index is 7.00. The molecule has 1 N–H and O–H groups in total. The Hall–Kier alpha value is -2.03. The molecule has 3 heteroatoms. The summed E-state index contributed by atoms with van der Waals surface area (Å²) in [6, 6.07) is 4.01. The lowest BCUT2D eigenvalue weighted by atomic mass is 9.91. The molecular formula is C20H23ClO2. The average molecular weight is 331 g/mol. The lowest BCUT2D eigenvalue weighted by molar-refractivity contribution is 0.399. The van der Waals surface area contributed by atoms with Crippen LogP contribution in [0.4, 0.5) is 0 Å². The van der Waals surface area contributed by atoms with Crippen molar-refractivity contribution in [3.63, 3.8) is 0 Å². The molecule has 2 rings (SSSR count). The number of hydrogen-bond donors (Lipinski definition) is 1. The molecule has 1 aromatic carbocycles. The van der Waals surface area contributed by atoms with Crippen LogP contribution in [0, 0.1) is 0 Å². The summed E-state index contributed by atoms with van der Waals surface area (Å²) in [4.78, 5) is 0. The monoisotopic (exact) mass is 330 g/mol. The first kappa shape index (κ1) is 19.0. The number of fused-ring (bicyclic) bond motifs is 1. The molecule has 0 bridgehead atoms. The fourth-order valence-electron chi connectivity index (χ4n) is 2.45. The molecule has 0 fully saturated rings. The number of alkyl halides is 1. The second-order valence-electron chi connectivity index (χ2n) is 4.75. The highest BCUT2D eigenvalue weighted by atomic mass is 35.5. The van der Waals surface area contributed by atoms with Gasteiger partial charge < -0.3 is 9.84 Å². The number of benzene rings is 1. The molecule has 0 amide bonds. The Balaban J connectivity index is 0.00000127. The zero-order chi connectivity index (χ0) is 17.2. The summed E-state index contributed by atoms with van der Waals surface area (Å²) in [5.41, 5.74) is 5.55. The Morgan fingerprint density at radius 2 is 2.09 bits per heavy atom. The maximum absolute atomic E-state index is 7.00. The minimum absolute atomic E-state index is 0.489. The van der Waals surface area contributed by atoms with Crippen molar-refractivity contribution in [1.82, 2.24) is 0 Å². The highest BCUT2D eigenvalue weighted by molar-refractivity contribution is 6.17. The van der Waals surface area contributed by atoms with E-state index >= 15 is 0 Å². The lowest BCUT2D eigenvalue weighted by Gasteiger charge is -2.21. The summed E-state index contributed by atoms with van der Waals surface area (Å²) in [5, 5.41) is 7.00. The van der Waals surface area contributed by atoms with Gasteiger partial charge in [0.15, 0.2) is 0 Å². The molecule has 23 heavy (non-hydrogen) atoms. The van der Waals surface area contributed by atoms with E-state index in [1.54, 1.807) is 12.3 Å². The Bertz CT molecular complexity index is 652. The molecule has 122 valence electrons. The third kappa shape index (κ3) is 4.47. The van der Waals surface area contributed by atoms with Gasteiger partial charge in [-0.1, -0.05) is 49.6 Å².